The summed E-state index contributed by atoms with van der Waals surface area (Å²) in [5.41, 5.74) is 0.808. The Morgan fingerprint density at radius 2 is 1.72 bits per heavy atom. The zero-order valence-electron chi connectivity index (χ0n) is 8.41. The second-order valence-corrected chi connectivity index (χ2v) is 5.56. The minimum atomic E-state index is -1.71. The molecule has 4 nitrogen and oxygen atoms in total. The maximum atomic E-state index is 8.87. The summed E-state index contributed by atoms with van der Waals surface area (Å²) in [6.45, 7) is 0. The van der Waals surface area contributed by atoms with Crippen LogP contribution in [0.2, 0.25) is 0 Å². The van der Waals surface area contributed by atoms with Crippen molar-refractivity contribution in [3.05, 3.63) is 24.3 Å². The average Bonchev–Trinajstić information content (AvgIpc) is 2.78. The number of thiazole rings is 1. The molecule has 6 heteroatoms. The van der Waals surface area contributed by atoms with Gasteiger partial charge in [-0.25, -0.2) is 4.98 Å². The summed E-state index contributed by atoms with van der Waals surface area (Å²) >= 11 is 2.25. The topological polar surface area (TPSA) is 84.3 Å². The third kappa shape index (κ3) is 2.43. The van der Waals surface area contributed by atoms with Crippen molar-refractivity contribution >= 4 is 33.3 Å². The molecule has 2 aromatic rings. The second-order valence-electron chi connectivity index (χ2n) is 3.07. The summed E-state index contributed by atoms with van der Waals surface area (Å²) in [6, 6.07) is 12.7. The van der Waals surface area contributed by atoms with Crippen LogP contribution in [0.5, 0.6) is 0 Å². The molecular formula is C12H8N4S2. The third-order valence-electron chi connectivity index (χ3n) is 1.99. The van der Waals surface area contributed by atoms with E-state index in [1.54, 1.807) is 18.2 Å². The van der Waals surface area contributed by atoms with Gasteiger partial charge < -0.3 is 0 Å². The molecule has 0 bridgehead atoms. The summed E-state index contributed by atoms with van der Waals surface area (Å²) in [7, 11) is 0. The van der Waals surface area contributed by atoms with E-state index in [1.165, 1.54) is 11.3 Å². The van der Waals surface area contributed by atoms with Crippen LogP contribution < -0.4 is 0 Å². The highest BCUT2D eigenvalue weighted by molar-refractivity contribution is 8.03. The normalized spacial score (nSPS) is 9.83. The van der Waals surface area contributed by atoms with Gasteiger partial charge in [0.15, 0.2) is 4.34 Å². The number of fused-ring (bicyclic) bond motifs is 1. The molecule has 0 unspecified atom stereocenters. The summed E-state index contributed by atoms with van der Waals surface area (Å²) < 4.78 is -0.193. The van der Waals surface area contributed by atoms with Crippen molar-refractivity contribution in [3.63, 3.8) is 0 Å². The van der Waals surface area contributed by atoms with E-state index in [-0.39, 0.29) is 7.43 Å². The van der Waals surface area contributed by atoms with Gasteiger partial charge in [0.2, 0.25) is 0 Å². The molecule has 0 amide bonds. The largest absolute Gasteiger partial charge is 0.280 e. The first kappa shape index (κ1) is 14.0. The summed E-state index contributed by atoms with van der Waals surface area (Å²) in [5, 5.41) is 26.6. The van der Waals surface area contributed by atoms with Crippen LogP contribution in [0.15, 0.2) is 28.6 Å². The zero-order chi connectivity index (χ0) is 12.3. The van der Waals surface area contributed by atoms with Gasteiger partial charge in [-0.05, 0) is 23.9 Å². The van der Waals surface area contributed by atoms with Crippen molar-refractivity contribution in [3.8, 4) is 18.2 Å². The Hall–Kier alpha value is -2.07. The van der Waals surface area contributed by atoms with Gasteiger partial charge in [-0.3, -0.25) is 0 Å². The van der Waals surface area contributed by atoms with E-state index in [2.05, 4.69) is 4.98 Å². The SMILES string of the molecule is C.N#CC(C#N)(C#N)Sc1nc2ccccc2s1. The molecule has 0 aliphatic heterocycles. The Morgan fingerprint density at radius 3 is 2.28 bits per heavy atom. The molecule has 1 heterocycles. The number of hydrogen-bond acceptors (Lipinski definition) is 6. The quantitative estimate of drug-likeness (QED) is 0.783. The number of thioether (sulfide) groups is 1. The number of aromatic nitrogens is 1. The standard InChI is InChI=1S/C11H4N4S2.CH4/c12-5-11(6-13,7-14)17-10-15-8-3-1-2-4-9(8)16-10;/h1-4H;1H4. The molecule has 0 saturated carbocycles. The predicted octanol–water partition coefficient (Wildman–Crippen LogP) is 3.33. The van der Waals surface area contributed by atoms with E-state index in [0.29, 0.717) is 4.34 Å². The highest BCUT2D eigenvalue weighted by Gasteiger charge is 2.33. The van der Waals surface area contributed by atoms with Crippen molar-refractivity contribution in [1.29, 1.82) is 15.8 Å². The lowest BCUT2D eigenvalue weighted by molar-refractivity contribution is 1.14. The molecule has 0 atom stereocenters. The Balaban J connectivity index is 0.00000162. The second kappa shape index (κ2) is 5.51. The van der Waals surface area contributed by atoms with Gasteiger partial charge in [0.1, 0.15) is 18.2 Å². The number of para-hydroxylation sites is 1. The maximum Gasteiger partial charge on any atom is 0.280 e. The minimum Gasteiger partial charge on any atom is -0.230 e. The van der Waals surface area contributed by atoms with Crippen LogP contribution in [0.25, 0.3) is 10.2 Å². The fourth-order valence-corrected chi connectivity index (χ4v) is 3.22. The van der Waals surface area contributed by atoms with Crippen LogP contribution in [-0.4, -0.2) is 9.73 Å². The molecule has 18 heavy (non-hydrogen) atoms. The first-order valence-electron chi connectivity index (χ1n) is 4.51. The van der Waals surface area contributed by atoms with Gasteiger partial charge in [-0.1, -0.05) is 19.6 Å². The lowest BCUT2D eigenvalue weighted by atomic mass is 10.2. The van der Waals surface area contributed by atoms with Crippen molar-refractivity contribution in [2.75, 3.05) is 0 Å². The van der Waals surface area contributed by atoms with E-state index >= 15 is 0 Å². The Bertz CT molecular complexity index is 615. The van der Waals surface area contributed by atoms with Gasteiger partial charge in [0.25, 0.3) is 4.75 Å². The van der Waals surface area contributed by atoms with Crippen molar-refractivity contribution in [2.45, 2.75) is 16.5 Å². The third-order valence-corrected chi connectivity index (χ3v) is 4.16. The van der Waals surface area contributed by atoms with Crippen LogP contribution >= 0.6 is 23.1 Å². The summed E-state index contributed by atoms with van der Waals surface area (Å²) in [5.74, 6) is 0. The average molecular weight is 272 g/mol. The molecule has 0 spiro atoms. The van der Waals surface area contributed by atoms with Gasteiger partial charge >= 0.3 is 0 Å². The van der Waals surface area contributed by atoms with Gasteiger partial charge in [-0.2, -0.15) is 15.8 Å². The lowest BCUT2D eigenvalue weighted by Gasteiger charge is -2.04. The minimum absolute atomic E-state index is 0. The molecule has 0 radical (unpaired) electrons. The fourth-order valence-electron chi connectivity index (χ4n) is 1.17. The molecular weight excluding hydrogens is 264 g/mol. The molecule has 0 saturated heterocycles. The van der Waals surface area contributed by atoms with E-state index in [1.807, 2.05) is 24.3 Å². The van der Waals surface area contributed by atoms with Crippen LogP contribution in [-0.2, 0) is 0 Å². The smallest absolute Gasteiger partial charge is 0.230 e. The highest BCUT2D eigenvalue weighted by atomic mass is 32.2. The Labute approximate surface area is 113 Å². The van der Waals surface area contributed by atoms with Crippen molar-refractivity contribution < 1.29 is 0 Å². The van der Waals surface area contributed by atoms with Gasteiger partial charge in [0, 0.05) is 0 Å². The van der Waals surface area contributed by atoms with E-state index in [9.17, 15) is 0 Å². The van der Waals surface area contributed by atoms with E-state index in [4.69, 9.17) is 15.8 Å². The Kier molecular flexibility index (Phi) is 4.28. The number of nitrogens with zero attached hydrogens (tertiary/aromatic N) is 4. The molecule has 2 rings (SSSR count). The first-order valence-corrected chi connectivity index (χ1v) is 6.14. The first-order chi connectivity index (χ1) is 8.23. The van der Waals surface area contributed by atoms with E-state index in [0.717, 1.165) is 22.0 Å². The van der Waals surface area contributed by atoms with Gasteiger partial charge in [-0.15, -0.1) is 11.3 Å². The molecule has 0 aliphatic carbocycles. The molecule has 88 valence electrons. The monoisotopic (exact) mass is 272 g/mol. The number of rotatable bonds is 2. The van der Waals surface area contributed by atoms with Crippen LogP contribution in [0.4, 0.5) is 0 Å². The number of hydrogen-bond donors (Lipinski definition) is 0. The summed E-state index contributed by atoms with van der Waals surface area (Å²) in [4.78, 5) is 4.27. The summed E-state index contributed by atoms with van der Waals surface area (Å²) in [6.07, 6.45) is 0. The molecule has 0 aliphatic rings. The predicted molar refractivity (Wildman–Crippen MR) is 71.8 cm³/mol. The van der Waals surface area contributed by atoms with Crippen LogP contribution in [0.3, 0.4) is 0 Å². The zero-order valence-corrected chi connectivity index (χ0v) is 10.0. The van der Waals surface area contributed by atoms with Crippen LogP contribution in [0, 0.1) is 34.0 Å². The molecule has 1 aromatic carbocycles. The number of benzene rings is 1. The van der Waals surface area contributed by atoms with Crippen LogP contribution in [0.1, 0.15) is 7.43 Å². The highest BCUT2D eigenvalue weighted by Crippen LogP contribution is 2.36. The lowest BCUT2D eigenvalue weighted by Crippen LogP contribution is -2.15. The molecule has 0 N–H and O–H groups in total. The molecule has 1 aromatic heterocycles. The molecule has 0 fully saturated rings. The van der Waals surface area contributed by atoms with Gasteiger partial charge in [0.05, 0.1) is 10.2 Å². The number of nitriles is 3. The Morgan fingerprint density at radius 1 is 1.11 bits per heavy atom. The maximum absolute atomic E-state index is 8.87. The van der Waals surface area contributed by atoms with Crippen molar-refractivity contribution in [1.82, 2.24) is 4.98 Å². The fraction of sp³-hybridized carbons (Fsp3) is 0.167. The van der Waals surface area contributed by atoms with Crippen molar-refractivity contribution in [2.24, 2.45) is 0 Å². The van der Waals surface area contributed by atoms with E-state index < -0.39 is 4.75 Å².